The van der Waals surface area contributed by atoms with Gasteiger partial charge in [0.25, 0.3) is 5.91 Å². The van der Waals surface area contributed by atoms with Crippen molar-refractivity contribution in [2.75, 3.05) is 34.2 Å². The highest BCUT2D eigenvalue weighted by atomic mass is 32.1. The summed E-state index contributed by atoms with van der Waals surface area (Å²) in [5.74, 6) is -0.831. The molecule has 4 amide bonds. The Morgan fingerprint density at radius 1 is 0.843 bits per heavy atom. The number of rotatable bonds is 13. The van der Waals surface area contributed by atoms with Crippen LogP contribution in [0.15, 0.2) is 72.1 Å². The van der Waals surface area contributed by atoms with Gasteiger partial charge in [-0.1, -0.05) is 61.0 Å². The van der Waals surface area contributed by atoms with Gasteiger partial charge in [0.2, 0.25) is 11.8 Å². The number of carbonyl (C=O) groups excluding carboxylic acids is 4. The molecule has 11 heteroatoms. The number of ether oxygens (including phenoxy) is 1. The fraction of sp³-hybridized carbons (Fsp3) is 0.500. The van der Waals surface area contributed by atoms with Crippen molar-refractivity contribution in [3.05, 3.63) is 82.6 Å². The second-order valence-electron chi connectivity index (χ2n) is 15.1. The molecule has 4 rings (SSSR count). The first-order valence-electron chi connectivity index (χ1n) is 17.8. The molecule has 2 heterocycles. The zero-order chi connectivity index (χ0) is 37.3. The summed E-state index contributed by atoms with van der Waals surface area (Å²) in [6, 6.07) is 16.4. The predicted octanol–water partition coefficient (Wildman–Crippen LogP) is 6.45. The minimum atomic E-state index is -0.889. The van der Waals surface area contributed by atoms with E-state index >= 15 is 0 Å². The molecule has 2 atom stereocenters. The van der Waals surface area contributed by atoms with Crippen LogP contribution in [0, 0.1) is 0 Å². The summed E-state index contributed by atoms with van der Waals surface area (Å²) in [6.45, 7) is 10.7. The summed E-state index contributed by atoms with van der Waals surface area (Å²) >= 11 is 1.56. The highest BCUT2D eigenvalue weighted by Crippen LogP contribution is 2.23. The number of benzene rings is 2. The molecule has 0 aliphatic carbocycles. The SMILES string of the molecule is CN(C(=O)C=CCC(C)(C)NC(=O)OC(C)(C)C)[C@H](Cc1ccc2ccccc2c1)C(=O)N(C)[C@H](Cc1cccs1)C(=O)N(C)N1CCCCC1. The first-order valence-corrected chi connectivity index (χ1v) is 18.7. The Hall–Kier alpha value is -4.22. The van der Waals surface area contributed by atoms with Crippen LogP contribution in [0.3, 0.4) is 0 Å². The maximum absolute atomic E-state index is 14.7. The number of alkyl carbamates (subject to hydrolysis) is 1. The van der Waals surface area contributed by atoms with E-state index in [1.807, 2.05) is 73.8 Å². The molecule has 0 radical (unpaired) electrons. The summed E-state index contributed by atoms with van der Waals surface area (Å²) in [6.07, 6.45) is 6.77. The number of amides is 4. The van der Waals surface area contributed by atoms with Crippen LogP contribution >= 0.6 is 11.3 Å². The van der Waals surface area contributed by atoms with Gasteiger partial charge >= 0.3 is 6.09 Å². The van der Waals surface area contributed by atoms with E-state index in [4.69, 9.17) is 4.74 Å². The van der Waals surface area contributed by atoms with Crippen LogP contribution in [0.1, 0.15) is 70.7 Å². The van der Waals surface area contributed by atoms with Gasteiger partial charge in [0.1, 0.15) is 17.7 Å². The van der Waals surface area contributed by atoms with Gasteiger partial charge in [-0.3, -0.25) is 19.4 Å². The van der Waals surface area contributed by atoms with Gasteiger partial charge in [-0.2, -0.15) is 0 Å². The maximum atomic E-state index is 14.7. The third kappa shape index (κ3) is 11.4. The van der Waals surface area contributed by atoms with Crippen molar-refractivity contribution in [1.82, 2.24) is 25.1 Å². The van der Waals surface area contributed by atoms with Crippen molar-refractivity contribution >= 4 is 45.9 Å². The van der Waals surface area contributed by atoms with E-state index in [1.165, 1.54) is 15.9 Å². The van der Waals surface area contributed by atoms with E-state index < -0.39 is 29.3 Å². The Kier molecular flexibility index (Phi) is 13.4. The molecule has 0 saturated carbocycles. The molecule has 1 aliphatic heterocycles. The van der Waals surface area contributed by atoms with Gasteiger partial charge < -0.3 is 19.9 Å². The molecule has 1 saturated heterocycles. The van der Waals surface area contributed by atoms with Crippen molar-refractivity contribution < 1.29 is 23.9 Å². The third-order valence-corrected chi connectivity index (χ3v) is 10.1. The summed E-state index contributed by atoms with van der Waals surface area (Å²) in [4.78, 5) is 59.0. The smallest absolute Gasteiger partial charge is 0.408 e. The Morgan fingerprint density at radius 3 is 2.16 bits per heavy atom. The zero-order valence-corrected chi connectivity index (χ0v) is 32.3. The van der Waals surface area contributed by atoms with Crippen molar-refractivity contribution in [1.29, 1.82) is 0 Å². The van der Waals surface area contributed by atoms with Crippen LogP contribution in [0.5, 0.6) is 0 Å². The number of hydrogen-bond donors (Lipinski definition) is 1. The van der Waals surface area contributed by atoms with Crippen LogP contribution < -0.4 is 5.32 Å². The van der Waals surface area contributed by atoms with Gasteiger partial charge in [-0.05, 0) is 87.7 Å². The molecule has 276 valence electrons. The number of likely N-dealkylation sites (N-methyl/N-ethyl adjacent to an activating group) is 3. The van der Waals surface area contributed by atoms with Gasteiger partial charge in [0.05, 0.1) is 0 Å². The highest BCUT2D eigenvalue weighted by Gasteiger charge is 2.37. The third-order valence-electron chi connectivity index (χ3n) is 9.22. The lowest BCUT2D eigenvalue weighted by atomic mass is 9.98. The normalized spacial score (nSPS) is 15.3. The maximum Gasteiger partial charge on any atom is 0.408 e. The summed E-state index contributed by atoms with van der Waals surface area (Å²) in [5.41, 5.74) is -0.419. The van der Waals surface area contributed by atoms with Gasteiger partial charge in [-0.25, -0.2) is 9.80 Å². The fourth-order valence-electron chi connectivity index (χ4n) is 6.27. The minimum Gasteiger partial charge on any atom is -0.444 e. The second kappa shape index (κ2) is 17.3. The van der Waals surface area contributed by atoms with Crippen LogP contribution in [0.2, 0.25) is 0 Å². The number of piperidine rings is 1. The lowest BCUT2D eigenvalue weighted by Crippen LogP contribution is -2.58. The topological polar surface area (TPSA) is 102 Å². The van der Waals surface area contributed by atoms with Crippen molar-refractivity contribution in [2.45, 2.75) is 96.4 Å². The highest BCUT2D eigenvalue weighted by molar-refractivity contribution is 7.09. The number of nitrogens with zero attached hydrogens (tertiary/aromatic N) is 4. The van der Waals surface area contributed by atoms with Crippen molar-refractivity contribution in [2.24, 2.45) is 0 Å². The fourth-order valence-corrected chi connectivity index (χ4v) is 7.01. The van der Waals surface area contributed by atoms with Crippen LogP contribution in [-0.2, 0) is 32.0 Å². The number of carbonyl (C=O) groups is 4. The summed E-state index contributed by atoms with van der Waals surface area (Å²) < 4.78 is 5.40. The van der Waals surface area contributed by atoms with Gasteiger partial charge in [0, 0.05) is 57.5 Å². The molecule has 3 aromatic rings. The number of thiophene rings is 1. The van der Waals surface area contributed by atoms with Crippen molar-refractivity contribution in [3.8, 4) is 0 Å². The van der Waals surface area contributed by atoms with Crippen molar-refractivity contribution in [3.63, 3.8) is 0 Å². The molecule has 51 heavy (non-hydrogen) atoms. The van der Waals surface area contributed by atoms with Crippen LogP contribution in [-0.4, -0.2) is 101 Å². The first-order chi connectivity index (χ1) is 24.0. The molecule has 2 aromatic carbocycles. The quantitative estimate of drug-likeness (QED) is 0.204. The number of fused-ring (bicyclic) bond motifs is 1. The van der Waals surface area contributed by atoms with E-state index in [9.17, 15) is 19.2 Å². The van der Waals surface area contributed by atoms with E-state index in [1.54, 1.807) is 64.3 Å². The van der Waals surface area contributed by atoms with E-state index in [0.29, 0.717) is 12.8 Å². The first kappa shape index (κ1) is 39.6. The molecule has 10 nitrogen and oxygen atoms in total. The summed E-state index contributed by atoms with van der Waals surface area (Å²) in [7, 11) is 5.10. The second-order valence-corrected chi connectivity index (χ2v) is 16.1. The molecule has 0 bridgehead atoms. The average Bonchev–Trinajstić information content (AvgIpc) is 3.60. The Labute approximate surface area is 307 Å². The van der Waals surface area contributed by atoms with E-state index in [0.717, 1.165) is 53.6 Å². The standard InChI is InChI=1S/C40H55N5O5S/c1-39(2,3)50-38(49)41-40(4,5)22-14-19-35(46)42(6)33(27-29-20-21-30-16-10-11-17-31(30)26-29)36(47)43(7)34(28-32-18-15-25-51-32)37(48)44(8)45-23-12-9-13-24-45/h10-11,14-21,25-26,33-34H,9,12-13,22-24,27-28H2,1-8H3,(H,41,49)/t33-,34-/m1/s1. The number of hydrazine groups is 1. The Morgan fingerprint density at radius 2 is 1.51 bits per heavy atom. The van der Waals surface area contributed by atoms with Crippen LogP contribution in [0.25, 0.3) is 10.8 Å². The zero-order valence-electron chi connectivity index (χ0n) is 31.5. The lowest BCUT2D eigenvalue weighted by molar-refractivity contribution is -0.158. The van der Waals surface area contributed by atoms with Crippen LogP contribution in [0.4, 0.5) is 4.79 Å². The molecule has 0 spiro atoms. The molecule has 0 unspecified atom stereocenters. The number of hydrogen-bond acceptors (Lipinski definition) is 7. The van der Waals surface area contributed by atoms with Gasteiger partial charge in [-0.15, -0.1) is 11.3 Å². The molecule has 1 aliphatic rings. The van der Waals surface area contributed by atoms with E-state index in [2.05, 4.69) is 10.3 Å². The monoisotopic (exact) mass is 717 g/mol. The summed E-state index contributed by atoms with van der Waals surface area (Å²) in [5, 5.41) is 10.7. The Bertz CT molecular complexity index is 1680. The Balaban J connectivity index is 1.60. The molecule has 1 N–H and O–H groups in total. The molecule has 1 fully saturated rings. The minimum absolute atomic E-state index is 0.154. The predicted molar refractivity (Wildman–Crippen MR) is 204 cm³/mol. The van der Waals surface area contributed by atoms with E-state index in [-0.39, 0.29) is 24.1 Å². The molecule has 1 aromatic heterocycles. The van der Waals surface area contributed by atoms with Gasteiger partial charge in [0.15, 0.2) is 0 Å². The average molecular weight is 718 g/mol. The molecular weight excluding hydrogens is 663 g/mol. The molecular formula is C40H55N5O5S. The largest absolute Gasteiger partial charge is 0.444 e. The number of nitrogens with one attached hydrogen (secondary N) is 1. The lowest BCUT2D eigenvalue weighted by Gasteiger charge is -2.39.